The molecular formula is C18H16O2. The number of benzene rings is 1. The molecular weight excluding hydrogens is 248 g/mol. The first kappa shape index (κ1) is 11.6. The van der Waals surface area contributed by atoms with E-state index in [1.165, 1.54) is 22.3 Å². The van der Waals surface area contributed by atoms with Crippen LogP contribution in [0.2, 0.25) is 0 Å². The summed E-state index contributed by atoms with van der Waals surface area (Å²) in [5, 5.41) is 19.3. The lowest BCUT2D eigenvalue weighted by Crippen LogP contribution is -2.18. The SMILES string of the molecule is OC1=CCC2=CC3=Cc4cc(O)ccc4CC3CC2=C1. The lowest BCUT2D eigenvalue weighted by molar-refractivity contribution is 0.426. The third-order valence-corrected chi connectivity index (χ3v) is 4.46. The van der Waals surface area contributed by atoms with E-state index in [1.807, 2.05) is 24.3 Å². The van der Waals surface area contributed by atoms with E-state index < -0.39 is 0 Å². The molecule has 1 unspecified atom stereocenters. The highest BCUT2D eigenvalue weighted by Crippen LogP contribution is 2.42. The average molecular weight is 264 g/mol. The van der Waals surface area contributed by atoms with Crippen LogP contribution in [0, 0.1) is 5.92 Å². The van der Waals surface area contributed by atoms with Crippen molar-refractivity contribution in [3.8, 4) is 5.75 Å². The lowest BCUT2D eigenvalue weighted by Gasteiger charge is -2.32. The van der Waals surface area contributed by atoms with Gasteiger partial charge in [-0.25, -0.2) is 0 Å². The van der Waals surface area contributed by atoms with Gasteiger partial charge in [0.2, 0.25) is 0 Å². The topological polar surface area (TPSA) is 40.5 Å². The Bertz CT molecular complexity index is 717. The van der Waals surface area contributed by atoms with Gasteiger partial charge in [0.1, 0.15) is 11.5 Å². The molecule has 0 fully saturated rings. The fraction of sp³-hybridized carbons (Fsp3) is 0.222. The van der Waals surface area contributed by atoms with Crippen molar-refractivity contribution in [3.05, 3.63) is 70.0 Å². The standard InChI is InChI=1S/C18H16O2/c19-17-3-1-11-5-13-8-16-10-18(20)4-2-12(16)6-14(13)7-15(11)9-17/h1,3-4,6-7,9-10,13,19-20H,2,5,8H2. The molecule has 0 aliphatic heterocycles. The Morgan fingerprint density at radius 3 is 2.75 bits per heavy atom. The number of aliphatic hydroxyl groups excluding tert-OH is 1. The van der Waals surface area contributed by atoms with Crippen molar-refractivity contribution in [2.45, 2.75) is 19.3 Å². The molecule has 0 amide bonds. The molecule has 2 heteroatoms. The van der Waals surface area contributed by atoms with Gasteiger partial charge in [-0.1, -0.05) is 18.2 Å². The van der Waals surface area contributed by atoms with E-state index in [4.69, 9.17) is 0 Å². The lowest BCUT2D eigenvalue weighted by atomic mass is 9.73. The Hall–Kier alpha value is -2.22. The van der Waals surface area contributed by atoms with Gasteiger partial charge in [0.25, 0.3) is 0 Å². The molecule has 100 valence electrons. The molecule has 1 aromatic rings. The molecule has 0 bridgehead atoms. The van der Waals surface area contributed by atoms with Crippen LogP contribution in [0.1, 0.15) is 24.0 Å². The van der Waals surface area contributed by atoms with Gasteiger partial charge in [-0.3, -0.25) is 0 Å². The van der Waals surface area contributed by atoms with E-state index in [0.29, 0.717) is 17.4 Å². The molecule has 1 atom stereocenters. The van der Waals surface area contributed by atoms with Crippen LogP contribution in [0.3, 0.4) is 0 Å². The summed E-state index contributed by atoms with van der Waals surface area (Å²) in [7, 11) is 0. The summed E-state index contributed by atoms with van der Waals surface area (Å²) < 4.78 is 0. The number of allylic oxidation sites excluding steroid dienone is 6. The number of hydrogen-bond donors (Lipinski definition) is 2. The normalized spacial score (nSPS) is 23.5. The van der Waals surface area contributed by atoms with Crippen LogP contribution >= 0.6 is 0 Å². The maximum absolute atomic E-state index is 9.65. The summed E-state index contributed by atoms with van der Waals surface area (Å²) in [6, 6.07) is 5.62. The van der Waals surface area contributed by atoms with Crippen molar-refractivity contribution in [3.63, 3.8) is 0 Å². The summed E-state index contributed by atoms with van der Waals surface area (Å²) in [4.78, 5) is 0. The Balaban J connectivity index is 1.79. The fourth-order valence-electron chi connectivity index (χ4n) is 3.42. The first-order valence-corrected chi connectivity index (χ1v) is 7.03. The van der Waals surface area contributed by atoms with Gasteiger partial charge < -0.3 is 10.2 Å². The van der Waals surface area contributed by atoms with Crippen molar-refractivity contribution in [1.82, 2.24) is 0 Å². The number of fused-ring (bicyclic) bond motifs is 3. The molecule has 1 aromatic carbocycles. The minimum atomic E-state index is 0.327. The summed E-state index contributed by atoms with van der Waals surface area (Å²) in [5.74, 6) is 1.22. The van der Waals surface area contributed by atoms with Gasteiger partial charge >= 0.3 is 0 Å². The van der Waals surface area contributed by atoms with Crippen LogP contribution < -0.4 is 0 Å². The molecule has 0 heterocycles. The second kappa shape index (κ2) is 4.14. The Morgan fingerprint density at radius 1 is 0.950 bits per heavy atom. The molecule has 20 heavy (non-hydrogen) atoms. The van der Waals surface area contributed by atoms with Crippen LogP contribution in [0.15, 0.2) is 58.9 Å². The summed E-state index contributed by atoms with van der Waals surface area (Å²) in [5.41, 5.74) is 6.37. The Labute approximate surface area is 118 Å². The van der Waals surface area contributed by atoms with Crippen molar-refractivity contribution in [2.24, 2.45) is 5.92 Å². The van der Waals surface area contributed by atoms with E-state index in [1.54, 1.807) is 6.07 Å². The van der Waals surface area contributed by atoms with E-state index in [2.05, 4.69) is 12.2 Å². The van der Waals surface area contributed by atoms with Gasteiger partial charge in [-0.15, -0.1) is 0 Å². The van der Waals surface area contributed by atoms with Crippen LogP contribution in [0.25, 0.3) is 6.08 Å². The molecule has 4 rings (SSSR count). The monoisotopic (exact) mass is 264 g/mol. The first-order valence-electron chi connectivity index (χ1n) is 7.03. The second-order valence-electron chi connectivity index (χ2n) is 5.80. The summed E-state index contributed by atoms with van der Waals surface area (Å²) in [6.45, 7) is 0. The molecule has 0 spiro atoms. The molecule has 3 aliphatic carbocycles. The van der Waals surface area contributed by atoms with Crippen LogP contribution in [-0.4, -0.2) is 10.2 Å². The van der Waals surface area contributed by atoms with Gasteiger partial charge in [0, 0.05) is 0 Å². The van der Waals surface area contributed by atoms with Crippen LogP contribution in [-0.2, 0) is 6.42 Å². The number of aliphatic hydroxyl groups is 1. The van der Waals surface area contributed by atoms with E-state index >= 15 is 0 Å². The molecule has 2 N–H and O–H groups in total. The third-order valence-electron chi connectivity index (χ3n) is 4.46. The minimum Gasteiger partial charge on any atom is -0.508 e. The minimum absolute atomic E-state index is 0.327. The number of hydrogen-bond acceptors (Lipinski definition) is 2. The van der Waals surface area contributed by atoms with E-state index in [0.717, 1.165) is 24.8 Å². The van der Waals surface area contributed by atoms with E-state index in [-0.39, 0.29) is 0 Å². The highest BCUT2D eigenvalue weighted by Gasteiger charge is 2.27. The molecule has 0 radical (unpaired) electrons. The predicted octanol–water partition coefficient (Wildman–Crippen LogP) is 4.05. The summed E-state index contributed by atoms with van der Waals surface area (Å²) in [6.07, 6.45) is 11.0. The zero-order chi connectivity index (χ0) is 13.7. The predicted molar refractivity (Wildman–Crippen MR) is 79.4 cm³/mol. The van der Waals surface area contributed by atoms with Gasteiger partial charge in [0.15, 0.2) is 0 Å². The maximum atomic E-state index is 9.65. The highest BCUT2D eigenvalue weighted by molar-refractivity contribution is 5.67. The van der Waals surface area contributed by atoms with Gasteiger partial charge in [-0.05, 0) is 77.3 Å². The highest BCUT2D eigenvalue weighted by atomic mass is 16.3. The molecule has 0 aromatic heterocycles. The quantitative estimate of drug-likeness (QED) is 0.742. The molecule has 3 aliphatic rings. The summed E-state index contributed by atoms with van der Waals surface area (Å²) >= 11 is 0. The van der Waals surface area contributed by atoms with Crippen molar-refractivity contribution in [1.29, 1.82) is 0 Å². The third kappa shape index (κ3) is 1.80. The largest absolute Gasteiger partial charge is 0.508 e. The second-order valence-corrected chi connectivity index (χ2v) is 5.80. The van der Waals surface area contributed by atoms with E-state index in [9.17, 15) is 10.2 Å². The number of aromatic hydroxyl groups is 1. The first-order chi connectivity index (χ1) is 9.69. The Morgan fingerprint density at radius 2 is 1.85 bits per heavy atom. The van der Waals surface area contributed by atoms with Gasteiger partial charge in [0.05, 0.1) is 0 Å². The maximum Gasteiger partial charge on any atom is 0.116 e. The van der Waals surface area contributed by atoms with Crippen LogP contribution in [0.5, 0.6) is 5.75 Å². The Kier molecular flexibility index (Phi) is 2.40. The zero-order valence-electron chi connectivity index (χ0n) is 11.1. The fourth-order valence-corrected chi connectivity index (χ4v) is 3.42. The smallest absolute Gasteiger partial charge is 0.116 e. The molecule has 2 nitrogen and oxygen atoms in total. The number of rotatable bonds is 0. The van der Waals surface area contributed by atoms with Crippen LogP contribution in [0.4, 0.5) is 0 Å². The number of phenols is 1. The van der Waals surface area contributed by atoms with Crippen molar-refractivity contribution < 1.29 is 10.2 Å². The molecule has 0 saturated heterocycles. The molecule has 0 saturated carbocycles. The number of phenolic OH excluding ortho intramolecular Hbond substituents is 1. The zero-order valence-corrected chi connectivity index (χ0v) is 11.1. The average Bonchev–Trinajstić information content (AvgIpc) is 2.43. The van der Waals surface area contributed by atoms with Crippen molar-refractivity contribution >= 4 is 6.08 Å². The van der Waals surface area contributed by atoms with Crippen molar-refractivity contribution in [2.75, 3.05) is 0 Å². The van der Waals surface area contributed by atoms with Gasteiger partial charge in [-0.2, -0.15) is 0 Å².